The summed E-state index contributed by atoms with van der Waals surface area (Å²) in [6, 6.07) is 16.2. The van der Waals surface area contributed by atoms with Crippen molar-refractivity contribution in [1.82, 2.24) is 5.32 Å². The van der Waals surface area contributed by atoms with Gasteiger partial charge in [0, 0.05) is 22.8 Å². The molecule has 0 bridgehead atoms. The predicted molar refractivity (Wildman–Crippen MR) is 83.9 cm³/mol. The van der Waals surface area contributed by atoms with Crippen LogP contribution in [0.3, 0.4) is 0 Å². The number of hydrogen-bond acceptors (Lipinski definition) is 2. The van der Waals surface area contributed by atoms with Crippen LogP contribution in [0.25, 0.3) is 11.3 Å². The highest BCUT2D eigenvalue weighted by Crippen LogP contribution is 2.32. The number of ether oxygens (including phenoxy) is 1. The highest BCUT2D eigenvalue weighted by atomic mass is 35.5. The maximum atomic E-state index is 5.96. The predicted octanol–water partition coefficient (Wildman–Crippen LogP) is 4.21. The molecule has 0 atom stereocenters. The lowest BCUT2D eigenvalue weighted by molar-refractivity contribution is 0.414. The molecule has 0 aromatic heterocycles. The maximum absolute atomic E-state index is 5.96. The Hall–Kier alpha value is -1.93. The van der Waals surface area contributed by atoms with E-state index in [4.69, 9.17) is 16.3 Å². The van der Waals surface area contributed by atoms with Crippen molar-refractivity contribution in [2.75, 3.05) is 13.7 Å². The van der Waals surface area contributed by atoms with Crippen molar-refractivity contribution < 1.29 is 4.74 Å². The molecular weight excluding hydrogens is 270 g/mol. The third-order valence-electron chi connectivity index (χ3n) is 3.53. The molecular formula is C17H16ClNO. The number of halogens is 1. The van der Waals surface area contributed by atoms with Gasteiger partial charge in [0.15, 0.2) is 0 Å². The summed E-state index contributed by atoms with van der Waals surface area (Å²) in [7, 11) is 1.69. The molecule has 1 N–H and O–H groups in total. The standard InChI is InChI=1S/C17H16ClNO/c1-20-15-4-2-3-13(11-15)17-16(9-10-19-17)12-5-7-14(18)8-6-12/h2-8,11,19H,9-10H2,1H3. The molecule has 0 spiro atoms. The van der Waals surface area contributed by atoms with Crippen molar-refractivity contribution in [2.45, 2.75) is 6.42 Å². The molecule has 102 valence electrons. The van der Waals surface area contributed by atoms with E-state index < -0.39 is 0 Å². The Kier molecular flexibility index (Phi) is 3.66. The minimum absolute atomic E-state index is 0.767. The van der Waals surface area contributed by atoms with Gasteiger partial charge < -0.3 is 10.1 Å². The molecule has 2 aromatic carbocycles. The zero-order chi connectivity index (χ0) is 13.9. The Morgan fingerprint density at radius 1 is 1.05 bits per heavy atom. The van der Waals surface area contributed by atoms with E-state index in [0.717, 1.165) is 29.3 Å². The average Bonchev–Trinajstić information content (AvgIpc) is 2.97. The van der Waals surface area contributed by atoms with E-state index >= 15 is 0 Å². The quantitative estimate of drug-likeness (QED) is 0.912. The Balaban J connectivity index is 2.04. The van der Waals surface area contributed by atoms with Gasteiger partial charge in [-0.05, 0) is 41.8 Å². The lowest BCUT2D eigenvalue weighted by Gasteiger charge is -2.10. The van der Waals surface area contributed by atoms with Gasteiger partial charge in [-0.3, -0.25) is 0 Å². The summed E-state index contributed by atoms with van der Waals surface area (Å²) in [6.07, 6.45) is 1.02. The molecule has 3 heteroatoms. The summed E-state index contributed by atoms with van der Waals surface area (Å²) in [6.45, 7) is 0.963. The third kappa shape index (κ3) is 2.52. The molecule has 0 amide bonds. The molecule has 3 rings (SSSR count). The van der Waals surface area contributed by atoms with Gasteiger partial charge in [-0.2, -0.15) is 0 Å². The Morgan fingerprint density at radius 3 is 2.60 bits per heavy atom. The first kappa shape index (κ1) is 13.1. The number of benzene rings is 2. The van der Waals surface area contributed by atoms with Crippen LogP contribution in [0, 0.1) is 0 Å². The van der Waals surface area contributed by atoms with Crippen LogP contribution in [-0.4, -0.2) is 13.7 Å². The number of methoxy groups -OCH3 is 1. The maximum Gasteiger partial charge on any atom is 0.119 e. The first-order chi connectivity index (χ1) is 9.78. The van der Waals surface area contributed by atoms with Crippen LogP contribution in [0.15, 0.2) is 48.5 Å². The monoisotopic (exact) mass is 285 g/mol. The van der Waals surface area contributed by atoms with Crippen LogP contribution in [-0.2, 0) is 0 Å². The second-order valence-electron chi connectivity index (χ2n) is 4.77. The minimum Gasteiger partial charge on any atom is -0.497 e. The fourth-order valence-electron chi connectivity index (χ4n) is 2.54. The fourth-order valence-corrected chi connectivity index (χ4v) is 2.66. The normalized spacial score (nSPS) is 14.3. The van der Waals surface area contributed by atoms with Gasteiger partial charge in [0.1, 0.15) is 5.75 Å². The molecule has 1 heterocycles. The molecule has 2 aromatic rings. The van der Waals surface area contributed by atoms with Crippen LogP contribution in [0.4, 0.5) is 0 Å². The molecule has 0 saturated carbocycles. The SMILES string of the molecule is COc1cccc(C2=C(c3ccc(Cl)cc3)CCN2)c1. The van der Waals surface area contributed by atoms with Crippen LogP contribution in [0.1, 0.15) is 17.5 Å². The van der Waals surface area contributed by atoms with Crippen LogP contribution in [0.2, 0.25) is 5.02 Å². The molecule has 1 aliphatic heterocycles. The van der Waals surface area contributed by atoms with Crippen LogP contribution >= 0.6 is 11.6 Å². The molecule has 0 radical (unpaired) electrons. The van der Waals surface area contributed by atoms with E-state index in [1.54, 1.807) is 7.11 Å². The minimum atomic E-state index is 0.767. The topological polar surface area (TPSA) is 21.3 Å². The Labute approximate surface area is 124 Å². The Morgan fingerprint density at radius 2 is 1.85 bits per heavy atom. The van der Waals surface area contributed by atoms with Gasteiger partial charge in [0.05, 0.1) is 7.11 Å². The van der Waals surface area contributed by atoms with Crippen LogP contribution < -0.4 is 10.1 Å². The van der Waals surface area contributed by atoms with Crippen molar-refractivity contribution in [3.8, 4) is 5.75 Å². The summed E-state index contributed by atoms with van der Waals surface area (Å²) in [4.78, 5) is 0. The summed E-state index contributed by atoms with van der Waals surface area (Å²) >= 11 is 5.96. The fraction of sp³-hybridized carbons (Fsp3) is 0.176. The summed E-state index contributed by atoms with van der Waals surface area (Å²) in [5.41, 5.74) is 4.89. The number of rotatable bonds is 3. The summed E-state index contributed by atoms with van der Waals surface area (Å²) in [5.74, 6) is 0.874. The first-order valence-corrected chi connectivity index (χ1v) is 7.03. The number of hydrogen-bond donors (Lipinski definition) is 1. The lowest BCUT2D eigenvalue weighted by atomic mass is 10.00. The molecule has 2 nitrogen and oxygen atoms in total. The third-order valence-corrected chi connectivity index (χ3v) is 3.78. The van der Waals surface area contributed by atoms with Gasteiger partial charge in [0.2, 0.25) is 0 Å². The van der Waals surface area contributed by atoms with Gasteiger partial charge in [-0.25, -0.2) is 0 Å². The summed E-state index contributed by atoms with van der Waals surface area (Å²) in [5, 5.41) is 4.25. The van der Waals surface area contributed by atoms with Gasteiger partial charge in [0.25, 0.3) is 0 Å². The molecule has 0 saturated heterocycles. The van der Waals surface area contributed by atoms with Crippen molar-refractivity contribution in [3.63, 3.8) is 0 Å². The second kappa shape index (κ2) is 5.59. The molecule has 20 heavy (non-hydrogen) atoms. The smallest absolute Gasteiger partial charge is 0.119 e. The lowest BCUT2D eigenvalue weighted by Crippen LogP contribution is -2.06. The van der Waals surface area contributed by atoms with E-state index in [2.05, 4.69) is 29.6 Å². The van der Waals surface area contributed by atoms with Gasteiger partial charge >= 0.3 is 0 Å². The highest BCUT2D eigenvalue weighted by Gasteiger charge is 2.17. The van der Waals surface area contributed by atoms with Crippen LogP contribution in [0.5, 0.6) is 5.75 Å². The van der Waals surface area contributed by atoms with E-state index in [9.17, 15) is 0 Å². The zero-order valence-corrected chi connectivity index (χ0v) is 12.1. The van der Waals surface area contributed by atoms with Crippen molar-refractivity contribution in [3.05, 3.63) is 64.7 Å². The van der Waals surface area contributed by atoms with E-state index in [1.807, 2.05) is 24.3 Å². The number of nitrogens with one attached hydrogen (secondary N) is 1. The Bertz CT molecular complexity index is 646. The van der Waals surface area contributed by atoms with Crippen molar-refractivity contribution >= 4 is 22.9 Å². The second-order valence-corrected chi connectivity index (χ2v) is 5.21. The molecule has 0 unspecified atom stereocenters. The van der Waals surface area contributed by atoms with Gasteiger partial charge in [-0.15, -0.1) is 0 Å². The molecule has 0 fully saturated rings. The highest BCUT2D eigenvalue weighted by molar-refractivity contribution is 6.30. The zero-order valence-electron chi connectivity index (χ0n) is 11.3. The van der Waals surface area contributed by atoms with E-state index in [-0.39, 0.29) is 0 Å². The average molecular weight is 286 g/mol. The van der Waals surface area contributed by atoms with Crippen molar-refractivity contribution in [2.24, 2.45) is 0 Å². The van der Waals surface area contributed by atoms with E-state index in [1.165, 1.54) is 16.8 Å². The largest absolute Gasteiger partial charge is 0.497 e. The first-order valence-electron chi connectivity index (χ1n) is 6.65. The van der Waals surface area contributed by atoms with Crippen molar-refractivity contribution in [1.29, 1.82) is 0 Å². The molecule has 0 aliphatic carbocycles. The van der Waals surface area contributed by atoms with Gasteiger partial charge in [-0.1, -0.05) is 35.9 Å². The van der Waals surface area contributed by atoms with E-state index in [0.29, 0.717) is 0 Å². The summed E-state index contributed by atoms with van der Waals surface area (Å²) < 4.78 is 5.30. The molecule has 1 aliphatic rings.